The van der Waals surface area contributed by atoms with Gasteiger partial charge in [-0.2, -0.15) is 4.72 Å². The van der Waals surface area contributed by atoms with E-state index in [1.54, 1.807) is 36.4 Å². The molecule has 1 aliphatic carbocycles. The molecule has 1 aromatic heterocycles. The first-order chi connectivity index (χ1) is 13.8. The highest BCUT2D eigenvalue weighted by Gasteiger charge is 2.27. The van der Waals surface area contributed by atoms with E-state index in [1.165, 1.54) is 5.56 Å². The van der Waals surface area contributed by atoms with E-state index in [-0.39, 0.29) is 4.90 Å². The summed E-state index contributed by atoms with van der Waals surface area (Å²) in [5, 5.41) is 0.612. The summed E-state index contributed by atoms with van der Waals surface area (Å²) in [6, 6.07) is 13.6. The van der Waals surface area contributed by atoms with Gasteiger partial charge in [-0.05, 0) is 61.2 Å². The van der Waals surface area contributed by atoms with Gasteiger partial charge in [-0.3, -0.25) is 0 Å². The van der Waals surface area contributed by atoms with E-state index in [0.717, 1.165) is 40.9 Å². The van der Waals surface area contributed by atoms with Crippen LogP contribution in [0.2, 0.25) is 5.02 Å². The Kier molecular flexibility index (Phi) is 5.38. The van der Waals surface area contributed by atoms with E-state index in [1.807, 2.05) is 26.0 Å². The Labute approximate surface area is 176 Å². The molecule has 0 spiro atoms. The first-order valence-electron chi connectivity index (χ1n) is 9.55. The molecule has 0 saturated carbocycles. The number of rotatable bonds is 5. The molecular formula is C23H23ClN2O2S. The van der Waals surface area contributed by atoms with Crippen LogP contribution in [-0.4, -0.2) is 13.4 Å². The quantitative estimate of drug-likeness (QED) is 0.563. The lowest BCUT2D eigenvalue weighted by Crippen LogP contribution is -2.30. The first-order valence-corrected chi connectivity index (χ1v) is 11.4. The van der Waals surface area contributed by atoms with Crippen LogP contribution >= 0.6 is 11.6 Å². The van der Waals surface area contributed by atoms with Crippen LogP contribution in [0.3, 0.4) is 0 Å². The van der Waals surface area contributed by atoms with Gasteiger partial charge in [0.15, 0.2) is 0 Å². The third-order valence-electron chi connectivity index (χ3n) is 5.41. The van der Waals surface area contributed by atoms with Gasteiger partial charge in [0.25, 0.3) is 0 Å². The van der Waals surface area contributed by atoms with Crippen molar-refractivity contribution in [3.05, 3.63) is 99.3 Å². The van der Waals surface area contributed by atoms with Crippen LogP contribution in [0.5, 0.6) is 0 Å². The molecule has 4 rings (SSSR count). The van der Waals surface area contributed by atoms with Gasteiger partial charge < -0.3 is 4.98 Å². The molecule has 0 fully saturated rings. The molecule has 0 aliphatic heterocycles. The van der Waals surface area contributed by atoms with Crippen LogP contribution in [0.1, 0.15) is 39.7 Å². The molecule has 29 heavy (non-hydrogen) atoms. The highest BCUT2D eigenvalue weighted by molar-refractivity contribution is 7.89. The second kappa shape index (κ2) is 7.82. The van der Waals surface area contributed by atoms with Gasteiger partial charge in [-0.15, -0.1) is 0 Å². The maximum Gasteiger partial charge on any atom is 0.241 e. The molecule has 6 heteroatoms. The van der Waals surface area contributed by atoms with Crippen LogP contribution < -0.4 is 4.72 Å². The number of hydrogen-bond acceptors (Lipinski definition) is 2. The molecule has 1 unspecified atom stereocenters. The number of aryl methyl sites for hydroxylation is 1. The molecule has 2 aromatic carbocycles. The van der Waals surface area contributed by atoms with Crippen molar-refractivity contribution < 1.29 is 8.42 Å². The molecule has 1 heterocycles. The Hall–Kier alpha value is -2.34. The van der Waals surface area contributed by atoms with Gasteiger partial charge in [-0.25, -0.2) is 8.42 Å². The molecule has 0 saturated heterocycles. The summed E-state index contributed by atoms with van der Waals surface area (Å²) in [6.07, 6.45) is 5.97. The topological polar surface area (TPSA) is 62.0 Å². The number of H-pyrrole nitrogens is 1. The summed E-state index contributed by atoms with van der Waals surface area (Å²) in [7, 11) is -3.72. The van der Waals surface area contributed by atoms with Crippen molar-refractivity contribution >= 4 is 21.6 Å². The lowest BCUT2D eigenvalue weighted by Gasteiger charge is -2.20. The van der Waals surface area contributed by atoms with Crippen molar-refractivity contribution in [1.82, 2.24) is 9.71 Å². The molecule has 1 atom stereocenters. The minimum absolute atomic E-state index is 0.248. The van der Waals surface area contributed by atoms with Crippen molar-refractivity contribution in [1.29, 1.82) is 0 Å². The predicted octanol–water partition coefficient (Wildman–Crippen LogP) is 5.01. The van der Waals surface area contributed by atoms with E-state index in [4.69, 9.17) is 11.6 Å². The molecule has 2 N–H and O–H groups in total. The number of fused-ring (bicyclic) bond motifs is 1. The fourth-order valence-corrected chi connectivity index (χ4v) is 5.07. The molecule has 3 aromatic rings. The maximum absolute atomic E-state index is 13.2. The van der Waals surface area contributed by atoms with Gasteiger partial charge in [0.2, 0.25) is 10.0 Å². The number of halogens is 1. The number of benzene rings is 2. The van der Waals surface area contributed by atoms with Gasteiger partial charge >= 0.3 is 0 Å². The second-order valence-corrected chi connectivity index (χ2v) is 9.57. The van der Waals surface area contributed by atoms with Crippen LogP contribution in [0.15, 0.2) is 65.6 Å². The van der Waals surface area contributed by atoms with Crippen molar-refractivity contribution in [3.8, 4) is 0 Å². The van der Waals surface area contributed by atoms with Crippen molar-refractivity contribution in [2.45, 2.75) is 37.6 Å². The zero-order valence-corrected chi connectivity index (χ0v) is 17.9. The smallest absolute Gasteiger partial charge is 0.241 e. The van der Waals surface area contributed by atoms with Crippen LogP contribution in [-0.2, 0) is 22.9 Å². The largest absolute Gasteiger partial charge is 0.360 e. The fraction of sp³-hybridized carbons (Fsp3) is 0.217. The number of allylic oxidation sites excluding steroid dienone is 2. The Morgan fingerprint density at radius 2 is 1.62 bits per heavy atom. The summed E-state index contributed by atoms with van der Waals surface area (Å²) in [5.74, 6) is 0. The average molecular weight is 427 g/mol. The summed E-state index contributed by atoms with van der Waals surface area (Å²) in [6.45, 7) is 3.98. The molecule has 4 nitrogen and oxygen atoms in total. The van der Waals surface area contributed by atoms with E-state index in [2.05, 4.69) is 21.9 Å². The lowest BCUT2D eigenvalue weighted by atomic mass is 9.97. The minimum Gasteiger partial charge on any atom is -0.360 e. The summed E-state index contributed by atoms with van der Waals surface area (Å²) in [4.78, 5) is 3.73. The number of aromatic nitrogens is 1. The number of sulfonamides is 1. The van der Waals surface area contributed by atoms with E-state index < -0.39 is 16.1 Å². The van der Waals surface area contributed by atoms with Crippen LogP contribution in [0.25, 0.3) is 0 Å². The number of nitrogens with one attached hydrogen (secondary N) is 2. The SMILES string of the molecule is Cc1ccc(S(=O)(=O)NC(c2ccc(Cl)cc2)c2[nH]c3c(c2C)CC=CC3)cc1. The lowest BCUT2D eigenvalue weighted by molar-refractivity contribution is 0.570. The van der Waals surface area contributed by atoms with Gasteiger partial charge in [0.1, 0.15) is 0 Å². The minimum atomic E-state index is -3.72. The van der Waals surface area contributed by atoms with E-state index in [0.29, 0.717) is 5.02 Å². The number of aromatic amines is 1. The Morgan fingerprint density at radius 1 is 0.966 bits per heavy atom. The molecule has 0 radical (unpaired) electrons. The monoisotopic (exact) mass is 426 g/mol. The van der Waals surface area contributed by atoms with Gasteiger partial charge in [0.05, 0.1) is 10.9 Å². The van der Waals surface area contributed by atoms with E-state index >= 15 is 0 Å². The molecule has 0 amide bonds. The van der Waals surface area contributed by atoms with Crippen molar-refractivity contribution in [2.24, 2.45) is 0 Å². The van der Waals surface area contributed by atoms with Crippen LogP contribution in [0.4, 0.5) is 0 Å². The zero-order chi connectivity index (χ0) is 20.6. The highest BCUT2D eigenvalue weighted by atomic mass is 35.5. The third kappa shape index (κ3) is 4.04. The third-order valence-corrected chi connectivity index (χ3v) is 7.10. The molecule has 1 aliphatic rings. The standard InChI is InChI=1S/C23H23ClN2O2S/c1-15-7-13-19(14-8-15)29(27,28)26-23(17-9-11-18(24)12-10-17)22-16(2)20-5-3-4-6-21(20)25-22/h3-4,7-14,23,25-26H,5-6H2,1-2H3. The van der Waals surface area contributed by atoms with Crippen molar-refractivity contribution in [3.63, 3.8) is 0 Å². The van der Waals surface area contributed by atoms with Crippen LogP contribution in [0, 0.1) is 13.8 Å². The Bertz CT molecular complexity index is 1160. The fourth-order valence-electron chi connectivity index (χ4n) is 3.75. The molecular weight excluding hydrogens is 404 g/mol. The summed E-state index contributed by atoms with van der Waals surface area (Å²) in [5.41, 5.74) is 6.20. The van der Waals surface area contributed by atoms with Crippen molar-refractivity contribution in [2.75, 3.05) is 0 Å². The maximum atomic E-state index is 13.2. The molecule has 0 bridgehead atoms. The summed E-state index contributed by atoms with van der Waals surface area (Å²) >= 11 is 6.07. The predicted molar refractivity (Wildman–Crippen MR) is 117 cm³/mol. The van der Waals surface area contributed by atoms with E-state index in [9.17, 15) is 8.42 Å². The zero-order valence-electron chi connectivity index (χ0n) is 16.4. The number of hydrogen-bond donors (Lipinski definition) is 2. The molecule has 150 valence electrons. The first kappa shape index (κ1) is 20.0. The average Bonchev–Trinajstić information content (AvgIpc) is 3.04. The Morgan fingerprint density at radius 3 is 2.28 bits per heavy atom. The second-order valence-electron chi connectivity index (χ2n) is 7.42. The van der Waals surface area contributed by atoms with Gasteiger partial charge in [0, 0.05) is 22.8 Å². The summed E-state index contributed by atoms with van der Waals surface area (Å²) < 4.78 is 29.2. The highest BCUT2D eigenvalue weighted by Crippen LogP contribution is 2.32. The Balaban J connectivity index is 1.78. The van der Waals surface area contributed by atoms with Gasteiger partial charge in [-0.1, -0.05) is 53.6 Å². The normalized spacial score (nSPS) is 14.6.